The largest absolute Gasteiger partial charge is 0.450 e. The Labute approximate surface area is 120 Å². The number of alkyl carbamates (subject to hydrolysis) is 1. The maximum Gasteiger partial charge on any atom is 0.407 e. The van der Waals surface area contributed by atoms with Crippen molar-refractivity contribution in [2.75, 3.05) is 6.61 Å². The predicted molar refractivity (Wildman–Crippen MR) is 76.3 cm³/mol. The molecule has 0 spiro atoms. The first kappa shape index (κ1) is 15.1. The lowest BCUT2D eigenvalue weighted by atomic mass is 9.86. The highest BCUT2D eigenvalue weighted by atomic mass is 16.5. The number of β-lactam (4-membered cyclic amide) rings is 1. The molecule has 2 rings (SSSR count). The average molecular weight is 282 g/mol. The van der Waals surface area contributed by atoms with E-state index < -0.39 is 12.1 Å². The van der Waals surface area contributed by atoms with Crippen LogP contribution < -0.4 is 10.6 Å². The number of unbranched alkanes of at least 4 members (excludes halogenated alkanes) is 1. The molecule has 2 fully saturated rings. The molecule has 1 saturated carbocycles. The third-order valence-corrected chi connectivity index (χ3v) is 4.39. The van der Waals surface area contributed by atoms with Gasteiger partial charge in [-0.3, -0.25) is 4.79 Å². The van der Waals surface area contributed by atoms with Crippen LogP contribution in [0.25, 0.3) is 0 Å². The zero-order chi connectivity index (χ0) is 14.4. The summed E-state index contributed by atoms with van der Waals surface area (Å²) in [6, 6.07) is -0.425. The van der Waals surface area contributed by atoms with Crippen LogP contribution in [0.4, 0.5) is 4.79 Å². The quantitative estimate of drug-likeness (QED) is 0.580. The summed E-state index contributed by atoms with van der Waals surface area (Å²) in [5, 5.41) is 5.25. The van der Waals surface area contributed by atoms with E-state index in [1.165, 1.54) is 38.5 Å². The summed E-state index contributed by atoms with van der Waals surface area (Å²) in [5.41, 5.74) is 0. The van der Waals surface area contributed by atoms with Crippen LogP contribution >= 0.6 is 0 Å². The minimum absolute atomic E-state index is 0.00125. The molecule has 0 bridgehead atoms. The minimum Gasteiger partial charge on any atom is -0.450 e. The molecule has 5 heteroatoms. The van der Waals surface area contributed by atoms with Gasteiger partial charge in [-0.1, -0.05) is 38.5 Å². The van der Waals surface area contributed by atoms with Gasteiger partial charge in [0.05, 0.1) is 12.6 Å². The lowest BCUT2D eigenvalue weighted by Crippen LogP contribution is -2.67. The molecule has 1 aliphatic heterocycles. The van der Waals surface area contributed by atoms with Crippen molar-refractivity contribution in [1.82, 2.24) is 10.6 Å². The highest BCUT2D eigenvalue weighted by Gasteiger charge is 2.37. The van der Waals surface area contributed by atoms with Gasteiger partial charge >= 0.3 is 6.09 Å². The van der Waals surface area contributed by atoms with Crippen LogP contribution in [0.2, 0.25) is 0 Å². The van der Waals surface area contributed by atoms with Crippen molar-refractivity contribution in [3.05, 3.63) is 0 Å². The maximum atomic E-state index is 11.5. The third kappa shape index (κ3) is 4.39. The second-order valence-corrected chi connectivity index (χ2v) is 6.06. The molecule has 20 heavy (non-hydrogen) atoms. The second kappa shape index (κ2) is 7.50. The number of carbonyl (C=O) groups is 2. The summed E-state index contributed by atoms with van der Waals surface area (Å²) in [5.74, 6) is 0.754. The van der Waals surface area contributed by atoms with E-state index in [0.29, 0.717) is 6.61 Å². The minimum atomic E-state index is -0.477. The van der Waals surface area contributed by atoms with Crippen LogP contribution in [0, 0.1) is 5.92 Å². The number of hydrogen-bond donors (Lipinski definition) is 2. The van der Waals surface area contributed by atoms with E-state index in [9.17, 15) is 9.59 Å². The molecule has 2 aliphatic rings. The van der Waals surface area contributed by atoms with Gasteiger partial charge in [-0.05, 0) is 25.7 Å². The summed E-state index contributed by atoms with van der Waals surface area (Å²) >= 11 is 0. The van der Waals surface area contributed by atoms with Gasteiger partial charge in [0, 0.05) is 0 Å². The van der Waals surface area contributed by atoms with Crippen LogP contribution in [0.15, 0.2) is 0 Å². The summed E-state index contributed by atoms with van der Waals surface area (Å²) in [7, 11) is 0. The fourth-order valence-corrected chi connectivity index (χ4v) is 3.06. The van der Waals surface area contributed by atoms with Crippen LogP contribution in [-0.2, 0) is 9.53 Å². The first-order valence-corrected chi connectivity index (χ1v) is 7.90. The van der Waals surface area contributed by atoms with Crippen LogP contribution in [-0.4, -0.2) is 30.7 Å². The molecule has 2 amide bonds. The highest BCUT2D eigenvalue weighted by Crippen LogP contribution is 2.27. The normalized spacial score (nSPS) is 26.6. The van der Waals surface area contributed by atoms with Crippen molar-refractivity contribution in [3.8, 4) is 0 Å². The van der Waals surface area contributed by atoms with E-state index in [1.54, 1.807) is 0 Å². The van der Waals surface area contributed by atoms with E-state index in [0.717, 1.165) is 18.8 Å². The fraction of sp³-hybridized carbons (Fsp3) is 0.867. The molecular formula is C15H26N2O3. The Bertz CT molecular complexity index is 340. The molecule has 2 N–H and O–H groups in total. The van der Waals surface area contributed by atoms with Crippen LogP contribution in [0.3, 0.4) is 0 Å². The van der Waals surface area contributed by atoms with E-state index in [-0.39, 0.29) is 11.9 Å². The van der Waals surface area contributed by atoms with E-state index >= 15 is 0 Å². The molecule has 0 aromatic heterocycles. The van der Waals surface area contributed by atoms with Gasteiger partial charge in [0.25, 0.3) is 0 Å². The van der Waals surface area contributed by atoms with Gasteiger partial charge in [0.15, 0.2) is 0 Å². The Kier molecular flexibility index (Phi) is 5.68. The summed E-state index contributed by atoms with van der Waals surface area (Å²) < 4.78 is 5.10. The fourth-order valence-electron chi connectivity index (χ4n) is 3.06. The Morgan fingerprint density at radius 1 is 1.30 bits per heavy atom. The van der Waals surface area contributed by atoms with Crippen molar-refractivity contribution >= 4 is 12.0 Å². The van der Waals surface area contributed by atoms with Crippen molar-refractivity contribution in [3.63, 3.8) is 0 Å². The Morgan fingerprint density at radius 2 is 2.05 bits per heavy atom. The number of rotatable bonds is 6. The predicted octanol–water partition coefficient (Wildman–Crippen LogP) is 2.35. The maximum absolute atomic E-state index is 11.5. The molecule has 1 saturated heterocycles. The first-order valence-electron chi connectivity index (χ1n) is 7.90. The van der Waals surface area contributed by atoms with Crippen molar-refractivity contribution in [1.29, 1.82) is 0 Å². The average Bonchev–Trinajstić information content (AvgIpc) is 2.46. The zero-order valence-electron chi connectivity index (χ0n) is 12.3. The molecule has 0 unspecified atom stereocenters. The van der Waals surface area contributed by atoms with Crippen molar-refractivity contribution < 1.29 is 14.3 Å². The van der Waals surface area contributed by atoms with E-state index in [2.05, 4.69) is 10.6 Å². The lowest BCUT2D eigenvalue weighted by molar-refractivity contribution is -0.131. The Hall–Kier alpha value is -1.26. The SMILES string of the molecule is C[C@H]1NC(=O)[C@H]1NC(=O)OCCCCC1CCCCC1. The Morgan fingerprint density at radius 3 is 2.70 bits per heavy atom. The van der Waals surface area contributed by atoms with Gasteiger partial charge in [-0.2, -0.15) is 0 Å². The number of amides is 2. The van der Waals surface area contributed by atoms with E-state index in [1.807, 2.05) is 6.92 Å². The van der Waals surface area contributed by atoms with Gasteiger partial charge in [-0.25, -0.2) is 4.79 Å². The molecule has 5 nitrogen and oxygen atoms in total. The van der Waals surface area contributed by atoms with Crippen LogP contribution in [0.1, 0.15) is 58.3 Å². The second-order valence-electron chi connectivity index (χ2n) is 6.06. The van der Waals surface area contributed by atoms with Crippen molar-refractivity contribution in [2.24, 2.45) is 5.92 Å². The highest BCUT2D eigenvalue weighted by molar-refractivity contribution is 5.92. The monoisotopic (exact) mass is 282 g/mol. The van der Waals surface area contributed by atoms with Gasteiger partial charge in [0.1, 0.15) is 6.04 Å². The molecule has 1 aliphatic carbocycles. The van der Waals surface area contributed by atoms with Gasteiger partial charge in [-0.15, -0.1) is 0 Å². The molecule has 1 heterocycles. The molecule has 0 radical (unpaired) electrons. The van der Waals surface area contributed by atoms with E-state index in [4.69, 9.17) is 4.74 Å². The summed E-state index contributed by atoms with van der Waals surface area (Å²) in [4.78, 5) is 22.6. The Balaban J connectivity index is 1.48. The van der Waals surface area contributed by atoms with Crippen LogP contribution in [0.5, 0.6) is 0 Å². The standard InChI is InChI=1S/C15H26N2O3/c1-11-13(14(18)16-11)17-15(19)20-10-6-5-9-12-7-3-2-4-8-12/h11-13H,2-10H2,1H3,(H,16,18)(H,17,19)/t11-,13+/m1/s1. The van der Waals surface area contributed by atoms with Crippen molar-refractivity contribution in [2.45, 2.75) is 70.4 Å². The molecule has 2 atom stereocenters. The topological polar surface area (TPSA) is 67.4 Å². The van der Waals surface area contributed by atoms with Gasteiger partial charge in [0.2, 0.25) is 5.91 Å². The molecule has 114 valence electrons. The molecule has 0 aromatic rings. The molecular weight excluding hydrogens is 256 g/mol. The number of nitrogens with one attached hydrogen (secondary N) is 2. The smallest absolute Gasteiger partial charge is 0.407 e. The first-order chi connectivity index (χ1) is 9.66. The number of hydrogen-bond acceptors (Lipinski definition) is 3. The summed E-state index contributed by atoms with van der Waals surface area (Å²) in [6.07, 6.45) is 9.71. The zero-order valence-corrected chi connectivity index (χ0v) is 12.3. The molecule has 0 aromatic carbocycles. The summed E-state index contributed by atoms with van der Waals surface area (Å²) in [6.45, 7) is 2.30. The third-order valence-electron chi connectivity index (χ3n) is 4.39. The van der Waals surface area contributed by atoms with Gasteiger partial charge < -0.3 is 15.4 Å². The number of carbonyl (C=O) groups excluding carboxylic acids is 2. The number of ether oxygens (including phenoxy) is 1. The lowest BCUT2D eigenvalue weighted by Gasteiger charge is -2.33.